The van der Waals surface area contributed by atoms with Gasteiger partial charge in [0.25, 0.3) is 0 Å². The van der Waals surface area contributed by atoms with Gasteiger partial charge in [-0.2, -0.15) is 13.2 Å². The van der Waals surface area contributed by atoms with E-state index in [1.54, 1.807) is 30.5 Å². The standard InChI is InChI=1S/C14H12BrF3N2/c15-9-4-5-11(12(7-9)14(16,17)18)13(19)8-10-3-1-2-6-20-10/h1-7,13H,8,19H2. The zero-order valence-electron chi connectivity index (χ0n) is 10.4. The Kier molecular flexibility index (Phi) is 4.45. The van der Waals surface area contributed by atoms with Crippen molar-refractivity contribution in [3.63, 3.8) is 0 Å². The summed E-state index contributed by atoms with van der Waals surface area (Å²) in [5, 5.41) is 0. The number of nitrogens with zero attached hydrogens (tertiary/aromatic N) is 1. The van der Waals surface area contributed by atoms with E-state index in [1.807, 2.05) is 0 Å². The van der Waals surface area contributed by atoms with Gasteiger partial charge in [-0.05, 0) is 29.8 Å². The minimum atomic E-state index is -4.43. The Bertz CT molecular complexity index is 585. The summed E-state index contributed by atoms with van der Waals surface area (Å²) in [4.78, 5) is 4.08. The summed E-state index contributed by atoms with van der Waals surface area (Å²) in [6.45, 7) is 0. The lowest BCUT2D eigenvalue weighted by molar-refractivity contribution is -0.138. The number of alkyl halides is 3. The first-order chi connectivity index (χ1) is 9.38. The highest BCUT2D eigenvalue weighted by molar-refractivity contribution is 9.10. The topological polar surface area (TPSA) is 38.9 Å². The molecule has 0 spiro atoms. The molecule has 0 aliphatic carbocycles. The fourth-order valence-corrected chi connectivity index (χ4v) is 2.31. The van der Waals surface area contributed by atoms with Crippen molar-refractivity contribution in [1.29, 1.82) is 0 Å². The molecule has 0 saturated heterocycles. The molecule has 0 fully saturated rings. The van der Waals surface area contributed by atoms with E-state index in [2.05, 4.69) is 20.9 Å². The third-order valence-corrected chi connectivity index (χ3v) is 3.37. The molecule has 0 aliphatic rings. The summed E-state index contributed by atoms with van der Waals surface area (Å²) in [5.41, 5.74) is 5.94. The van der Waals surface area contributed by atoms with Crippen molar-refractivity contribution in [2.75, 3.05) is 0 Å². The molecule has 6 heteroatoms. The van der Waals surface area contributed by atoms with Crippen LogP contribution in [0.2, 0.25) is 0 Å². The van der Waals surface area contributed by atoms with Crippen LogP contribution in [0.4, 0.5) is 13.2 Å². The maximum atomic E-state index is 13.0. The molecule has 1 unspecified atom stereocenters. The van der Waals surface area contributed by atoms with Gasteiger partial charge >= 0.3 is 6.18 Å². The van der Waals surface area contributed by atoms with Crippen LogP contribution in [-0.4, -0.2) is 4.98 Å². The first-order valence-electron chi connectivity index (χ1n) is 5.90. The number of aromatic nitrogens is 1. The third kappa shape index (κ3) is 3.58. The Morgan fingerprint density at radius 1 is 1.20 bits per heavy atom. The van der Waals surface area contributed by atoms with Crippen molar-refractivity contribution >= 4 is 15.9 Å². The highest BCUT2D eigenvalue weighted by Crippen LogP contribution is 2.36. The molecule has 0 radical (unpaired) electrons. The monoisotopic (exact) mass is 344 g/mol. The van der Waals surface area contributed by atoms with Crippen molar-refractivity contribution < 1.29 is 13.2 Å². The zero-order valence-corrected chi connectivity index (χ0v) is 11.9. The lowest BCUT2D eigenvalue weighted by atomic mass is 9.97. The van der Waals surface area contributed by atoms with E-state index >= 15 is 0 Å². The smallest absolute Gasteiger partial charge is 0.324 e. The van der Waals surface area contributed by atoms with Crippen molar-refractivity contribution in [2.45, 2.75) is 18.6 Å². The number of hydrogen-bond donors (Lipinski definition) is 1. The van der Waals surface area contributed by atoms with Crippen LogP contribution in [0.5, 0.6) is 0 Å². The van der Waals surface area contributed by atoms with Gasteiger partial charge in [0.05, 0.1) is 5.56 Å². The summed E-state index contributed by atoms with van der Waals surface area (Å²) >= 11 is 3.05. The van der Waals surface area contributed by atoms with Crippen LogP contribution in [-0.2, 0) is 12.6 Å². The van der Waals surface area contributed by atoms with E-state index < -0.39 is 17.8 Å². The van der Waals surface area contributed by atoms with Crippen molar-refractivity contribution in [2.24, 2.45) is 5.73 Å². The SMILES string of the molecule is NC(Cc1ccccn1)c1ccc(Br)cc1C(F)(F)F. The summed E-state index contributed by atoms with van der Waals surface area (Å²) in [7, 11) is 0. The predicted molar refractivity (Wildman–Crippen MR) is 74.0 cm³/mol. The van der Waals surface area contributed by atoms with Crippen LogP contribution in [0.1, 0.15) is 22.9 Å². The Hall–Kier alpha value is -1.40. The Balaban J connectivity index is 2.32. The minimum Gasteiger partial charge on any atom is -0.324 e. The zero-order chi connectivity index (χ0) is 14.8. The second-order valence-corrected chi connectivity index (χ2v) is 5.28. The fourth-order valence-electron chi connectivity index (χ4n) is 1.95. The molecule has 1 aromatic heterocycles. The van der Waals surface area contributed by atoms with Crippen LogP contribution in [0.15, 0.2) is 47.1 Å². The average molecular weight is 345 g/mol. The average Bonchev–Trinajstić information content (AvgIpc) is 2.38. The lowest BCUT2D eigenvalue weighted by Crippen LogP contribution is -2.19. The van der Waals surface area contributed by atoms with Crippen LogP contribution in [0, 0.1) is 0 Å². The molecule has 0 saturated carbocycles. The molecule has 1 aromatic carbocycles. The largest absolute Gasteiger partial charge is 0.416 e. The summed E-state index contributed by atoms with van der Waals surface area (Å²) < 4.78 is 39.5. The van der Waals surface area contributed by atoms with Crippen LogP contribution < -0.4 is 5.73 Å². The van der Waals surface area contributed by atoms with E-state index in [4.69, 9.17) is 5.73 Å². The fraction of sp³-hybridized carbons (Fsp3) is 0.214. The first-order valence-corrected chi connectivity index (χ1v) is 6.69. The normalized spacial score (nSPS) is 13.2. The van der Waals surface area contributed by atoms with E-state index in [9.17, 15) is 13.2 Å². The molecule has 1 heterocycles. The molecular weight excluding hydrogens is 333 g/mol. The van der Waals surface area contributed by atoms with Gasteiger partial charge in [-0.3, -0.25) is 4.98 Å². The molecule has 2 rings (SSSR count). The van der Waals surface area contributed by atoms with Gasteiger partial charge in [-0.25, -0.2) is 0 Å². The molecule has 2 aromatic rings. The van der Waals surface area contributed by atoms with Gasteiger partial charge in [-0.1, -0.05) is 28.1 Å². The van der Waals surface area contributed by atoms with Gasteiger partial charge in [-0.15, -0.1) is 0 Å². The minimum absolute atomic E-state index is 0.0753. The summed E-state index contributed by atoms with van der Waals surface area (Å²) in [6.07, 6.45) is -2.58. The maximum absolute atomic E-state index is 13.0. The van der Waals surface area contributed by atoms with Gasteiger partial charge < -0.3 is 5.73 Å². The van der Waals surface area contributed by atoms with Crippen molar-refractivity contribution in [3.05, 3.63) is 63.9 Å². The maximum Gasteiger partial charge on any atom is 0.416 e. The van der Waals surface area contributed by atoms with E-state index in [0.717, 1.165) is 6.07 Å². The molecule has 1 atom stereocenters. The number of hydrogen-bond acceptors (Lipinski definition) is 2. The number of benzene rings is 1. The molecule has 2 N–H and O–H groups in total. The molecule has 0 aliphatic heterocycles. The van der Waals surface area contributed by atoms with E-state index in [0.29, 0.717) is 10.2 Å². The molecule has 2 nitrogen and oxygen atoms in total. The third-order valence-electron chi connectivity index (χ3n) is 2.88. The molecule has 106 valence electrons. The van der Waals surface area contributed by atoms with Crippen molar-refractivity contribution in [3.8, 4) is 0 Å². The lowest BCUT2D eigenvalue weighted by Gasteiger charge is -2.18. The summed E-state index contributed by atoms with van der Waals surface area (Å²) in [5.74, 6) is 0. The van der Waals surface area contributed by atoms with Crippen LogP contribution >= 0.6 is 15.9 Å². The quantitative estimate of drug-likeness (QED) is 0.910. The van der Waals surface area contributed by atoms with Gasteiger partial charge in [0.2, 0.25) is 0 Å². The van der Waals surface area contributed by atoms with Crippen molar-refractivity contribution in [1.82, 2.24) is 4.98 Å². The number of nitrogens with two attached hydrogens (primary N) is 1. The second kappa shape index (κ2) is 5.93. The molecule has 0 amide bonds. The predicted octanol–water partition coefficient (Wildman–Crippen LogP) is 4.11. The summed E-state index contributed by atoms with van der Waals surface area (Å²) in [6, 6.07) is 8.52. The van der Waals surface area contributed by atoms with Crippen LogP contribution in [0.3, 0.4) is 0 Å². The van der Waals surface area contributed by atoms with Gasteiger partial charge in [0.1, 0.15) is 0 Å². The van der Waals surface area contributed by atoms with Gasteiger partial charge in [0, 0.05) is 28.8 Å². The Morgan fingerprint density at radius 2 is 1.95 bits per heavy atom. The number of rotatable bonds is 3. The van der Waals surface area contributed by atoms with Crippen LogP contribution in [0.25, 0.3) is 0 Å². The highest BCUT2D eigenvalue weighted by atomic mass is 79.9. The Labute approximate surface area is 123 Å². The van der Waals surface area contributed by atoms with E-state index in [1.165, 1.54) is 6.07 Å². The molecule has 20 heavy (non-hydrogen) atoms. The van der Waals surface area contributed by atoms with Gasteiger partial charge in [0.15, 0.2) is 0 Å². The first kappa shape index (κ1) is 15.0. The van der Waals surface area contributed by atoms with E-state index in [-0.39, 0.29) is 12.0 Å². The molecular formula is C14H12BrF3N2. The number of pyridine rings is 1. The molecule has 0 bridgehead atoms. The second-order valence-electron chi connectivity index (χ2n) is 4.36. The highest BCUT2D eigenvalue weighted by Gasteiger charge is 2.34. The number of halogens is 4. The Morgan fingerprint density at radius 3 is 2.55 bits per heavy atom.